The number of halogens is 1. The lowest BCUT2D eigenvalue weighted by Crippen LogP contribution is -2.47. The molecule has 2 aliphatic rings. The van der Waals surface area contributed by atoms with Crippen molar-refractivity contribution < 1.29 is 28.6 Å². The van der Waals surface area contributed by atoms with E-state index in [-0.39, 0.29) is 42.2 Å². The van der Waals surface area contributed by atoms with Crippen molar-refractivity contribution in [1.29, 1.82) is 0 Å². The highest BCUT2D eigenvalue weighted by Crippen LogP contribution is 2.25. The molecule has 0 aromatic rings. The Morgan fingerprint density at radius 3 is 1.56 bits per heavy atom. The molecule has 2 rings (SSSR count). The fourth-order valence-corrected chi connectivity index (χ4v) is 3.95. The number of esters is 2. The molecule has 0 spiro atoms. The lowest BCUT2D eigenvalue weighted by atomic mass is 9.86. The van der Waals surface area contributed by atoms with Crippen molar-refractivity contribution in [3.8, 4) is 0 Å². The van der Waals surface area contributed by atoms with E-state index in [1.807, 2.05) is 34.6 Å². The van der Waals surface area contributed by atoms with Gasteiger partial charge in [-0.1, -0.05) is 0 Å². The number of hydrogen-bond acceptors (Lipinski definition) is 9. The Morgan fingerprint density at radius 2 is 1.21 bits per heavy atom. The van der Waals surface area contributed by atoms with Crippen LogP contribution in [0.15, 0.2) is 0 Å². The van der Waals surface area contributed by atoms with Gasteiger partial charge in [-0.15, -0.1) is 12.4 Å². The molecule has 5 N–H and O–H groups in total. The summed E-state index contributed by atoms with van der Waals surface area (Å²) in [5, 5.41) is 0. The van der Waals surface area contributed by atoms with Gasteiger partial charge in [0.25, 0.3) is 0 Å². The number of nitrogens with two attached hydrogens (primary N) is 1. The standard InChI is InChI=1S/C14H26N2O4.C9H18N2O2.ClH/c1-5-19-12(17)10-6-8-11(9-7-10)15-16-13(18)20-14(2,3)4;1-2-13-9(12)7-3-5-8(11-10)6-4-7;/h10-11,15H,5-9H2,1-4H3,(H,16,18);7-8,11H,2-6,10H2,1H3;1H. The molecule has 2 aliphatic carbocycles. The molecule has 0 saturated heterocycles. The van der Waals surface area contributed by atoms with E-state index in [0.717, 1.165) is 51.4 Å². The van der Waals surface area contributed by atoms with Crippen molar-refractivity contribution >= 4 is 30.4 Å². The largest absolute Gasteiger partial charge is 0.466 e. The van der Waals surface area contributed by atoms with E-state index < -0.39 is 11.7 Å². The SMILES string of the molecule is CCOC(=O)C1CCC(NN)CC1.CCOC(=O)C1CCC(NNC(=O)OC(C)(C)C)CC1.Cl. The van der Waals surface area contributed by atoms with Gasteiger partial charge in [-0.3, -0.25) is 26.3 Å². The van der Waals surface area contributed by atoms with Crippen molar-refractivity contribution in [1.82, 2.24) is 16.3 Å². The molecule has 10 nitrogen and oxygen atoms in total. The Hall–Kier alpha value is -1.62. The van der Waals surface area contributed by atoms with Gasteiger partial charge in [-0.25, -0.2) is 10.2 Å². The van der Waals surface area contributed by atoms with E-state index in [0.29, 0.717) is 19.3 Å². The lowest BCUT2D eigenvalue weighted by molar-refractivity contribution is -0.150. The van der Waals surface area contributed by atoms with E-state index in [1.54, 1.807) is 0 Å². The normalized spacial score (nSPS) is 24.4. The van der Waals surface area contributed by atoms with Gasteiger partial charge in [0, 0.05) is 12.1 Å². The second-order valence-corrected chi connectivity index (χ2v) is 9.54. The predicted molar refractivity (Wildman–Crippen MR) is 132 cm³/mol. The molecule has 200 valence electrons. The number of hydrogen-bond donors (Lipinski definition) is 4. The molecule has 0 unspecified atom stereocenters. The fourth-order valence-electron chi connectivity index (χ4n) is 3.95. The van der Waals surface area contributed by atoms with Gasteiger partial charge < -0.3 is 14.2 Å². The number of carbonyl (C=O) groups is 3. The highest BCUT2D eigenvalue weighted by molar-refractivity contribution is 5.85. The van der Waals surface area contributed by atoms with Crippen LogP contribution in [0.5, 0.6) is 0 Å². The minimum absolute atomic E-state index is 0. The van der Waals surface area contributed by atoms with Crippen molar-refractivity contribution in [3.05, 3.63) is 0 Å². The van der Waals surface area contributed by atoms with Crippen LogP contribution in [0.2, 0.25) is 0 Å². The Labute approximate surface area is 210 Å². The molecule has 0 atom stereocenters. The van der Waals surface area contributed by atoms with Crippen LogP contribution in [-0.2, 0) is 23.8 Å². The summed E-state index contributed by atoms with van der Waals surface area (Å²) in [6, 6.07) is 0.555. The third-order valence-corrected chi connectivity index (χ3v) is 5.71. The van der Waals surface area contributed by atoms with Gasteiger partial charge in [-0.2, -0.15) is 0 Å². The molecule has 0 heterocycles. The molecule has 0 radical (unpaired) electrons. The zero-order valence-corrected chi connectivity index (χ0v) is 22.1. The first kappa shape index (κ1) is 32.4. The summed E-state index contributed by atoms with van der Waals surface area (Å²) < 4.78 is 15.1. The maximum absolute atomic E-state index is 11.6. The lowest BCUT2D eigenvalue weighted by Gasteiger charge is -2.28. The maximum atomic E-state index is 11.6. The molecule has 34 heavy (non-hydrogen) atoms. The first-order valence-electron chi connectivity index (χ1n) is 12.1. The molecule has 0 aromatic carbocycles. The summed E-state index contributed by atoms with van der Waals surface area (Å²) in [5.41, 5.74) is 7.75. The second kappa shape index (κ2) is 16.9. The summed E-state index contributed by atoms with van der Waals surface area (Å²) in [5.74, 6) is 5.26. The van der Waals surface area contributed by atoms with E-state index in [2.05, 4.69) is 16.3 Å². The number of ether oxygens (including phenoxy) is 3. The third kappa shape index (κ3) is 13.3. The Bertz CT molecular complexity index is 601. The number of amides is 1. The summed E-state index contributed by atoms with van der Waals surface area (Å²) in [6.07, 6.45) is 6.49. The highest BCUT2D eigenvalue weighted by Gasteiger charge is 2.28. The molecular formula is C23H45ClN4O6. The minimum Gasteiger partial charge on any atom is -0.466 e. The molecule has 2 saturated carbocycles. The number of rotatable bonds is 7. The third-order valence-electron chi connectivity index (χ3n) is 5.71. The smallest absolute Gasteiger partial charge is 0.422 e. The fraction of sp³-hybridized carbons (Fsp3) is 0.870. The van der Waals surface area contributed by atoms with Crippen LogP contribution < -0.4 is 22.1 Å². The van der Waals surface area contributed by atoms with Crippen LogP contribution >= 0.6 is 12.4 Å². The maximum Gasteiger partial charge on any atom is 0.422 e. The van der Waals surface area contributed by atoms with Crippen LogP contribution in [0, 0.1) is 11.8 Å². The van der Waals surface area contributed by atoms with Crippen molar-refractivity contribution in [2.75, 3.05) is 13.2 Å². The monoisotopic (exact) mass is 508 g/mol. The minimum atomic E-state index is -0.507. The molecule has 11 heteroatoms. The van der Waals surface area contributed by atoms with Crippen LogP contribution in [-0.4, -0.2) is 48.9 Å². The summed E-state index contributed by atoms with van der Waals surface area (Å²) in [7, 11) is 0. The van der Waals surface area contributed by atoms with Crippen LogP contribution in [0.25, 0.3) is 0 Å². The highest BCUT2D eigenvalue weighted by atomic mass is 35.5. The van der Waals surface area contributed by atoms with E-state index in [1.165, 1.54) is 0 Å². The van der Waals surface area contributed by atoms with Crippen molar-refractivity contribution in [2.45, 2.75) is 104 Å². The second-order valence-electron chi connectivity index (χ2n) is 9.54. The van der Waals surface area contributed by atoms with Gasteiger partial charge in [0.05, 0.1) is 25.0 Å². The van der Waals surface area contributed by atoms with Gasteiger partial charge in [0.2, 0.25) is 0 Å². The van der Waals surface area contributed by atoms with E-state index in [4.69, 9.17) is 20.1 Å². The summed E-state index contributed by atoms with van der Waals surface area (Å²) in [6.45, 7) is 10.0. The molecule has 0 bridgehead atoms. The summed E-state index contributed by atoms with van der Waals surface area (Å²) in [4.78, 5) is 34.4. The van der Waals surface area contributed by atoms with Gasteiger partial charge in [0.15, 0.2) is 0 Å². The zero-order chi connectivity index (χ0) is 24.9. The average molecular weight is 509 g/mol. The molecule has 1 amide bonds. The number of carbonyl (C=O) groups excluding carboxylic acids is 3. The predicted octanol–water partition coefficient (Wildman–Crippen LogP) is 3.13. The first-order chi connectivity index (χ1) is 15.6. The van der Waals surface area contributed by atoms with E-state index in [9.17, 15) is 14.4 Å². The van der Waals surface area contributed by atoms with Gasteiger partial charge in [0.1, 0.15) is 5.60 Å². The van der Waals surface area contributed by atoms with Crippen molar-refractivity contribution in [3.63, 3.8) is 0 Å². The molecule has 0 aliphatic heterocycles. The molecular weight excluding hydrogens is 464 g/mol. The van der Waals surface area contributed by atoms with Gasteiger partial charge in [-0.05, 0) is 86.0 Å². The van der Waals surface area contributed by atoms with Crippen LogP contribution in [0.4, 0.5) is 4.79 Å². The first-order valence-corrected chi connectivity index (χ1v) is 12.1. The Kier molecular flexibility index (Phi) is 16.1. The van der Waals surface area contributed by atoms with Crippen LogP contribution in [0.3, 0.4) is 0 Å². The van der Waals surface area contributed by atoms with E-state index >= 15 is 0 Å². The topological polar surface area (TPSA) is 141 Å². The summed E-state index contributed by atoms with van der Waals surface area (Å²) >= 11 is 0. The number of nitrogens with one attached hydrogen (secondary N) is 3. The average Bonchev–Trinajstić information content (AvgIpc) is 2.78. The van der Waals surface area contributed by atoms with Gasteiger partial charge >= 0.3 is 18.0 Å². The quantitative estimate of drug-likeness (QED) is 0.176. The Morgan fingerprint density at radius 1 is 0.794 bits per heavy atom. The Balaban J connectivity index is 0.000000676. The molecule has 2 fully saturated rings. The van der Waals surface area contributed by atoms with Crippen LogP contribution in [0.1, 0.15) is 86.0 Å². The number of hydrazine groups is 2. The van der Waals surface area contributed by atoms with Crippen molar-refractivity contribution in [2.24, 2.45) is 17.7 Å². The zero-order valence-electron chi connectivity index (χ0n) is 21.3. The molecule has 0 aromatic heterocycles.